The van der Waals surface area contributed by atoms with Crippen LogP contribution < -0.4 is 0 Å². The van der Waals surface area contributed by atoms with Gasteiger partial charge >= 0.3 is 0 Å². The van der Waals surface area contributed by atoms with E-state index in [-0.39, 0.29) is 0 Å². The molecule has 66 valence electrons. The molecule has 13 heavy (non-hydrogen) atoms. The van der Waals surface area contributed by atoms with Crippen molar-refractivity contribution < 1.29 is 0 Å². The Morgan fingerprint density at radius 2 is 2.00 bits per heavy atom. The summed E-state index contributed by atoms with van der Waals surface area (Å²) in [7, 11) is 0. The third kappa shape index (κ3) is 2.08. The van der Waals surface area contributed by atoms with Crippen molar-refractivity contribution in [3.8, 4) is 10.6 Å². The quantitative estimate of drug-likeness (QED) is 0.721. The van der Waals surface area contributed by atoms with Gasteiger partial charge in [-0.25, -0.2) is 0 Å². The maximum Gasteiger partial charge on any atom is 0.178 e. The van der Waals surface area contributed by atoms with Crippen LogP contribution in [0, 0.1) is 3.01 Å². The van der Waals surface area contributed by atoms with Crippen molar-refractivity contribution in [2.24, 2.45) is 0 Å². The number of halogens is 2. The molecule has 0 aliphatic carbocycles. The zero-order valence-electron chi connectivity index (χ0n) is 6.37. The molecule has 0 N–H and O–H groups in total. The Balaban J connectivity index is 2.52. The summed E-state index contributed by atoms with van der Waals surface area (Å²) in [6.45, 7) is 0. The molecule has 2 rings (SSSR count). The highest BCUT2D eigenvalue weighted by atomic mass is 127. The summed E-state index contributed by atoms with van der Waals surface area (Å²) >= 11 is 7.24. The van der Waals surface area contributed by atoms with Crippen molar-refractivity contribution in [1.82, 2.24) is 10.2 Å². The Kier molecular flexibility index (Phi) is 2.95. The van der Waals surface area contributed by atoms with Crippen LogP contribution >= 0.6 is 49.9 Å². The van der Waals surface area contributed by atoms with Crippen LogP contribution in [0.1, 0.15) is 0 Å². The van der Waals surface area contributed by atoms with E-state index in [0.29, 0.717) is 0 Å². The van der Waals surface area contributed by atoms with Crippen molar-refractivity contribution in [3.63, 3.8) is 0 Å². The predicted octanol–water partition coefficient (Wildman–Crippen LogP) is 3.57. The number of hydrogen-bond acceptors (Lipinski definition) is 3. The number of rotatable bonds is 1. The van der Waals surface area contributed by atoms with Crippen molar-refractivity contribution in [1.29, 1.82) is 0 Å². The molecule has 0 atom stereocenters. The Morgan fingerprint density at radius 3 is 2.62 bits per heavy atom. The molecule has 0 bridgehead atoms. The summed E-state index contributed by atoms with van der Waals surface area (Å²) in [5, 5.41) is 9.00. The number of aromatic nitrogens is 2. The summed E-state index contributed by atoms with van der Waals surface area (Å²) in [6.07, 6.45) is 0. The van der Waals surface area contributed by atoms with E-state index in [4.69, 9.17) is 0 Å². The van der Waals surface area contributed by atoms with E-state index < -0.39 is 0 Å². The van der Waals surface area contributed by atoms with E-state index in [1.54, 1.807) is 11.3 Å². The first-order valence-corrected chi connectivity index (χ1v) is 6.20. The molecule has 0 fully saturated rings. The molecule has 0 saturated carbocycles. The smallest absolute Gasteiger partial charge is 0.137 e. The Labute approximate surface area is 102 Å². The summed E-state index contributed by atoms with van der Waals surface area (Å²) in [5.74, 6) is 0. The third-order valence-corrected chi connectivity index (χ3v) is 3.82. The first-order valence-electron chi connectivity index (χ1n) is 3.51. The lowest BCUT2D eigenvalue weighted by Crippen LogP contribution is -1.77. The van der Waals surface area contributed by atoms with E-state index in [0.717, 1.165) is 18.1 Å². The Hall–Kier alpha value is -0.0100. The van der Waals surface area contributed by atoms with Gasteiger partial charge in [-0.1, -0.05) is 45.5 Å². The number of nitrogens with zero attached hydrogens (tertiary/aromatic N) is 2. The van der Waals surface area contributed by atoms with Gasteiger partial charge in [-0.05, 0) is 28.7 Å². The van der Waals surface area contributed by atoms with Gasteiger partial charge in [0.25, 0.3) is 0 Å². The fourth-order valence-corrected chi connectivity index (χ4v) is 2.90. The van der Waals surface area contributed by atoms with E-state index in [2.05, 4.69) is 48.7 Å². The summed E-state index contributed by atoms with van der Waals surface area (Å²) < 4.78 is 2.02. The van der Waals surface area contributed by atoms with E-state index in [9.17, 15) is 0 Å². The molecule has 0 radical (unpaired) electrons. The van der Waals surface area contributed by atoms with Gasteiger partial charge < -0.3 is 0 Å². The van der Waals surface area contributed by atoms with Crippen molar-refractivity contribution in [2.45, 2.75) is 0 Å². The molecule has 0 spiro atoms. The summed E-state index contributed by atoms with van der Waals surface area (Å²) in [5.41, 5.74) is 1.10. The monoisotopic (exact) mass is 366 g/mol. The molecule has 2 aromatic rings. The molecule has 0 aliphatic heterocycles. The molecule has 2 nitrogen and oxygen atoms in total. The average molecular weight is 367 g/mol. The fourth-order valence-electron chi connectivity index (χ4n) is 0.949. The minimum absolute atomic E-state index is 0.955. The van der Waals surface area contributed by atoms with Crippen molar-refractivity contribution in [3.05, 3.63) is 31.8 Å². The lowest BCUT2D eigenvalue weighted by atomic mass is 10.2. The van der Waals surface area contributed by atoms with E-state index in [1.165, 1.54) is 0 Å². The molecule has 0 amide bonds. The van der Waals surface area contributed by atoms with E-state index in [1.807, 2.05) is 24.3 Å². The standard InChI is InChI=1S/C8H4BrIN2S/c9-6-4-2-1-3-5(6)7-11-12-8(10)13-7/h1-4H. The molecule has 0 saturated heterocycles. The lowest BCUT2D eigenvalue weighted by molar-refractivity contribution is 1.07. The second-order valence-corrected chi connectivity index (χ2v) is 5.93. The maximum absolute atomic E-state index is 4.08. The molecule has 0 unspecified atom stereocenters. The predicted molar refractivity (Wildman–Crippen MR) is 65.8 cm³/mol. The van der Waals surface area contributed by atoms with Gasteiger partial charge in [-0.15, -0.1) is 10.2 Å². The Morgan fingerprint density at radius 1 is 1.23 bits per heavy atom. The number of benzene rings is 1. The SMILES string of the molecule is Brc1ccccc1-c1nnc(I)s1. The first kappa shape index (κ1) is 9.54. The van der Waals surface area contributed by atoms with Gasteiger partial charge in [0, 0.05) is 10.0 Å². The highest BCUT2D eigenvalue weighted by molar-refractivity contribution is 14.1. The van der Waals surface area contributed by atoms with E-state index >= 15 is 0 Å². The second-order valence-electron chi connectivity index (χ2n) is 2.34. The van der Waals surface area contributed by atoms with Crippen LogP contribution in [-0.4, -0.2) is 10.2 Å². The van der Waals surface area contributed by atoms with Crippen LogP contribution in [0.3, 0.4) is 0 Å². The average Bonchev–Trinajstić information content (AvgIpc) is 2.53. The van der Waals surface area contributed by atoms with Gasteiger partial charge in [-0.3, -0.25) is 0 Å². The van der Waals surface area contributed by atoms with Gasteiger partial charge in [0.05, 0.1) is 0 Å². The molecule has 1 aromatic heterocycles. The summed E-state index contributed by atoms with van der Waals surface area (Å²) in [4.78, 5) is 0. The highest BCUT2D eigenvalue weighted by Gasteiger charge is 2.06. The van der Waals surface area contributed by atoms with Crippen LogP contribution in [0.25, 0.3) is 10.6 Å². The normalized spacial score (nSPS) is 10.3. The van der Waals surface area contributed by atoms with Crippen LogP contribution in [0.2, 0.25) is 0 Å². The van der Waals surface area contributed by atoms with Gasteiger partial charge in [0.1, 0.15) is 5.01 Å². The minimum atomic E-state index is 0.955. The van der Waals surface area contributed by atoms with Crippen LogP contribution in [0.5, 0.6) is 0 Å². The maximum atomic E-state index is 4.08. The van der Waals surface area contributed by atoms with Crippen LogP contribution in [-0.2, 0) is 0 Å². The van der Waals surface area contributed by atoms with Gasteiger partial charge in [0.2, 0.25) is 0 Å². The lowest BCUT2D eigenvalue weighted by Gasteiger charge is -1.96. The summed E-state index contributed by atoms with van der Waals surface area (Å²) in [6, 6.07) is 8.01. The zero-order valence-corrected chi connectivity index (χ0v) is 10.9. The molecule has 1 heterocycles. The molecular weight excluding hydrogens is 363 g/mol. The van der Waals surface area contributed by atoms with Crippen LogP contribution in [0.4, 0.5) is 0 Å². The highest BCUT2D eigenvalue weighted by Crippen LogP contribution is 2.30. The topological polar surface area (TPSA) is 25.8 Å². The molecule has 0 aliphatic rings. The first-order chi connectivity index (χ1) is 6.27. The van der Waals surface area contributed by atoms with Gasteiger partial charge in [0.15, 0.2) is 3.01 Å². The van der Waals surface area contributed by atoms with Gasteiger partial charge in [-0.2, -0.15) is 0 Å². The fraction of sp³-hybridized carbons (Fsp3) is 0. The van der Waals surface area contributed by atoms with Crippen LogP contribution in [0.15, 0.2) is 28.7 Å². The number of hydrogen-bond donors (Lipinski definition) is 0. The largest absolute Gasteiger partial charge is 0.178 e. The van der Waals surface area contributed by atoms with Crippen molar-refractivity contribution >= 4 is 49.9 Å². The molecule has 5 heteroatoms. The van der Waals surface area contributed by atoms with Crippen molar-refractivity contribution in [2.75, 3.05) is 0 Å². The molecule has 1 aromatic carbocycles. The third-order valence-electron chi connectivity index (χ3n) is 1.50. The molecular formula is C8H4BrIN2S. The Bertz CT molecular complexity index is 430. The second kappa shape index (κ2) is 4.02. The zero-order chi connectivity index (χ0) is 9.26. The minimum Gasteiger partial charge on any atom is -0.137 e.